The zero-order valence-electron chi connectivity index (χ0n) is 10.7. The molecule has 0 aliphatic rings. The summed E-state index contributed by atoms with van der Waals surface area (Å²) < 4.78 is 9.34. The van der Waals surface area contributed by atoms with Crippen molar-refractivity contribution in [3.8, 4) is 5.75 Å². The van der Waals surface area contributed by atoms with Gasteiger partial charge in [-0.25, -0.2) is 4.79 Å². The molecule has 1 rings (SSSR count). The first-order valence-electron chi connectivity index (χ1n) is 5.30. The quantitative estimate of drug-likeness (QED) is 0.350. The smallest absolute Gasteiger partial charge is 0.437 e. The number of rotatable bonds is 2. The van der Waals surface area contributed by atoms with E-state index in [0.29, 0.717) is 5.56 Å². The van der Waals surface area contributed by atoms with Crippen molar-refractivity contribution in [1.82, 2.24) is 0 Å². The summed E-state index contributed by atoms with van der Waals surface area (Å²) in [7, 11) is 1.18. The molecular formula is C12H15NO5. The third kappa shape index (κ3) is 3.19. The minimum atomic E-state index is -0.902. The number of non-ortho nitro benzene ring substituents is 1. The molecule has 0 aliphatic carbocycles. The first-order valence-corrected chi connectivity index (χ1v) is 5.30. The largest absolute Gasteiger partial charge is 0.513 e. The molecule has 6 nitrogen and oxygen atoms in total. The van der Waals surface area contributed by atoms with E-state index in [-0.39, 0.29) is 16.9 Å². The van der Waals surface area contributed by atoms with Crippen LogP contribution in [0.4, 0.5) is 10.5 Å². The predicted octanol–water partition coefficient (Wildman–Crippen LogP) is 3.04. The second-order valence-corrected chi connectivity index (χ2v) is 4.74. The molecule has 18 heavy (non-hydrogen) atoms. The average Bonchev–Trinajstić information content (AvgIpc) is 2.27. The Labute approximate surface area is 105 Å². The number of nitro groups is 1. The molecule has 1 aromatic rings. The van der Waals surface area contributed by atoms with Gasteiger partial charge < -0.3 is 9.47 Å². The fourth-order valence-corrected chi connectivity index (χ4v) is 1.46. The van der Waals surface area contributed by atoms with E-state index in [2.05, 4.69) is 4.74 Å². The van der Waals surface area contributed by atoms with Gasteiger partial charge in [0.2, 0.25) is 0 Å². The van der Waals surface area contributed by atoms with Crippen molar-refractivity contribution in [3.63, 3.8) is 0 Å². The maximum Gasteiger partial charge on any atom is 0.513 e. The van der Waals surface area contributed by atoms with Crippen LogP contribution in [-0.2, 0) is 10.2 Å². The first-order chi connectivity index (χ1) is 8.25. The lowest BCUT2D eigenvalue weighted by atomic mass is 9.86. The van der Waals surface area contributed by atoms with E-state index in [4.69, 9.17) is 4.74 Å². The topological polar surface area (TPSA) is 78.7 Å². The van der Waals surface area contributed by atoms with Crippen molar-refractivity contribution in [3.05, 3.63) is 33.9 Å². The van der Waals surface area contributed by atoms with E-state index in [9.17, 15) is 14.9 Å². The van der Waals surface area contributed by atoms with Gasteiger partial charge in [-0.3, -0.25) is 10.1 Å². The zero-order chi connectivity index (χ0) is 13.9. The van der Waals surface area contributed by atoms with E-state index in [1.807, 2.05) is 20.8 Å². The van der Waals surface area contributed by atoms with Crippen LogP contribution in [0.25, 0.3) is 0 Å². The third-order valence-corrected chi connectivity index (χ3v) is 2.34. The van der Waals surface area contributed by atoms with Gasteiger partial charge in [0, 0.05) is 11.6 Å². The van der Waals surface area contributed by atoms with Crippen LogP contribution in [0.3, 0.4) is 0 Å². The summed E-state index contributed by atoms with van der Waals surface area (Å²) in [5.74, 6) is 0.142. The van der Waals surface area contributed by atoms with Gasteiger partial charge in [0.05, 0.1) is 18.1 Å². The molecule has 0 spiro atoms. The van der Waals surface area contributed by atoms with E-state index < -0.39 is 11.1 Å². The lowest BCUT2D eigenvalue weighted by Gasteiger charge is -2.21. The highest BCUT2D eigenvalue weighted by molar-refractivity contribution is 5.65. The highest BCUT2D eigenvalue weighted by Crippen LogP contribution is 2.34. The Bertz CT molecular complexity index is 476. The van der Waals surface area contributed by atoms with E-state index in [1.54, 1.807) is 6.07 Å². The molecular weight excluding hydrogens is 238 g/mol. The Hall–Kier alpha value is -2.11. The van der Waals surface area contributed by atoms with Gasteiger partial charge in [0.1, 0.15) is 5.75 Å². The van der Waals surface area contributed by atoms with Gasteiger partial charge in [-0.15, -0.1) is 0 Å². The lowest BCUT2D eigenvalue weighted by molar-refractivity contribution is -0.384. The van der Waals surface area contributed by atoms with Crippen LogP contribution in [0.2, 0.25) is 0 Å². The molecule has 0 aromatic heterocycles. The molecule has 0 heterocycles. The van der Waals surface area contributed by atoms with Crippen LogP contribution in [0.15, 0.2) is 18.2 Å². The average molecular weight is 253 g/mol. The first kappa shape index (κ1) is 14.0. The third-order valence-electron chi connectivity index (χ3n) is 2.34. The monoisotopic (exact) mass is 253 g/mol. The number of nitro benzene ring substituents is 1. The number of benzene rings is 1. The molecule has 0 amide bonds. The van der Waals surface area contributed by atoms with E-state index in [1.165, 1.54) is 19.2 Å². The van der Waals surface area contributed by atoms with Gasteiger partial charge in [-0.2, -0.15) is 0 Å². The van der Waals surface area contributed by atoms with Crippen LogP contribution in [0.1, 0.15) is 26.3 Å². The van der Waals surface area contributed by atoms with Gasteiger partial charge in [-0.05, 0) is 11.5 Å². The summed E-state index contributed by atoms with van der Waals surface area (Å²) in [6, 6.07) is 4.18. The zero-order valence-corrected chi connectivity index (χ0v) is 10.7. The number of methoxy groups -OCH3 is 1. The Morgan fingerprint density at radius 1 is 1.33 bits per heavy atom. The van der Waals surface area contributed by atoms with Crippen LogP contribution in [0, 0.1) is 10.1 Å². The van der Waals surface area contributed by atoms with Gasteiger partial charge >= 0.3 is 6.16 Å². The fraction of sp³-hybridized carbons (Fsp3) is 0.417. The Morgan fingerprint density at radius 3 is 2.39 bits per heavy atom. The maximum atomic E-state index is 11.1. The molecule has 0 atom stereocenters. The highest BCUT2D eigenvalue weighted by atomic mass is 16.7. The number of hydrogen-bond donors (Lipinski definition) is 0. The van der Waals surface area contributed by atoms with Crippen molar-refractivity contribution in [1.29, 1.82) is 0 Å². The van der Waals surface area contributed by atoms with Crippen LogP contribution < -0.4 is 4.74 Å². The second kappa shape index (κ2) is 5.03. The predicted molar refractivity (Wildman–Crippen MR) is 64.8 cm³/mol. The van der Waals surface area contributed by atoms with E-state index in [0.717, 1.165) is 0 Å². The number of carbonyl (C=O) groups is 1. The minimum Gasteiger partial charge on any atom is -0.437 e. The summed E-state index contributed by atoms with van der Waals surface area (Å²) in [4.78, 5) is 21.3. The number of nitrogens with zero attached hydrogens (tertiary/aromatic N) is 1. The van der Waals surface area contributed by atoms with Gasteiger partial charge in [0.25, 0.3) is 5.69 Å². The Kier molecular flexibility index (Phi) is 3.90. The molecule has 0 fully saturated rings. The van der Waals surface area contributed by atoms with Crippen molar-refractivity contribution < 1.29 is 19.2 Å². The lowest BCUT2D eigenvalue weighted by Crippen LogP contribution is -2.16. The molecule has 6 heteroatoms. The minimum absolute atomic E-state index is 0.137. The Balaban J connectivity index is 3.26. The van der Waals surface area contributed by atoms with Crippen LogP contribution in [0.5, 0.6) is 5.75 Å². The molecule has 0 aliphatic heterocycles. The Morgan fingerprint density at radius 2 is 1.94 bits per heavy atom. The van der Waals surface area contributed by atoms with Crippen molar-refractivity contribution >= 4 is 11.8 Å². The van der Waals surface area contributed by atoms with Gasteiger partial charge in [0.15, 0.2) is 0 Å². The standard InChI is InChI=1S/C12H15NO5/c1-12(2,3)9-6-5-8(13(15)16)7-10(9)18-11(14)17-4/h5-7H,1-4H3. The highest BCUT2D eigenvalue weighted by Gasteiger charge is 2.23. The van der Waals surface area contributed by atoms with Crippen LogP contribution in [-0.4, -0.2) is 18.2 Å². The fourth-order valence-electron chi connectivity index (χ4n) is 1.46. The summed E-state index contributed by atoms with van der Waals surface area (Å²) in [5, 5.41) is 10.7. The van der Waals surface area contributed by atoms with E-state index >= 15 is 0 Å². The second-order valence-electron chi connectivity index (χ2n) is 4.74. The van der Waals surface area contributed by atoms with Crippen LogP contribution >= 0.6 is 0 Å². The number of hydrogen-bond acceptors (Lipinski definition) is 5. The molecule has 0 radical (unpaired) electrons. The maximum absolute atomic E-state index is 11.1. The van der Waals surface area contributed by atoms with Crippen molar-refractivity contribution in [2.75, 3.05) is 7.11 Å². The molecule has 1 aromatic carbocycles. The van der Waals surface area contributed by atoms with Crippen molar-refractivity contribution in [2.45, 2.75) is 26.2 Å². The molecule has 0 saturated heterocycles. The molecule has 0 bridgehead atoms. The molecule has 0 saturated carbocycles. The molecule has 0 N–H and O–H groups in total. The van der Waals surface area contributed by atoms with Crippen molar-refractivity contribution in [2.24, 2.45) is 0 Å². The number of carbonyl (C=O) groups excluding carboxylic acids is 1. The molecule has 98 valence electrons. The summed E-state index contributed by atoms with van der Waals surface area (Å²) in [6.45, 7) is 5.74. The summed E-state index contributed by atoms with van der Waals surface area (Å²) in [5.41, 5.74) is 0.249. The van der Waals surface area contributed by atoms with Gasteiger partial charge in [-0.1, -0.05) is 20.8 Å². The SMILES string of the molecule is COC(=O)Oc1cc([N+](=O)[O-])ccc1C(C)(C)C. The molecule has 0 unspecified atom stereocenters. The normalized spacial score (nSPS) is 10.9. The summed E-state index contributed by atoms with van der Waals surface area (Å²) in [6.07, 6.45) is -0.902. The summed E-state index contributed by atoms with van der Waals surface area (Å²) >= 11 is 0. The number of ether oxygens (including phenoxy) is 2.